The Hall–Kier alpha value is -1.55. The van der Waals surface area contributed by atoms with Crippen LogP contribution in [0.4, 0.5) is 4.79 Å². The van der Waals surface area contributed by atoms with Gasteiger partial charge in [-0.1, -0.05) is 30.7 Å². The van der Waals surface area contributed by atoms with E-state index in [2.05, 4.69) is 29.2 Å². The fourth-order valence-corrected chi connectivity index (χ4v) is 3.82. The number of hydrogen-bond acceptors (Lipinski definition) is 3. The number of fused-ring (bicyclic) bond motifs is 1. The molecule has 1 atom stereocenters. The third-order valence-electron chi connectivity index (χ3n) is 4.99. The Morgan fingerprint density at radius 3 is 2.50 bits per heavy atom. The largest absolute Gasteiger partial charge is 0.444 e. The maximum atomic E-state index is 12.2. The molecule has 1 amide bonds. The van der Waals surface area contributed by atoms with Gasteiger partial charge in [-0.25, -0.2) is 4.79 Å². The molecule has 0 aromatic heterocycles. The first-order valence-corrected chi connectivity index (χ1v) is 9.24. The first-order chi connectivity index (χ1) is 11.4. The summed E-state index contributed by atoms with van der Waals surface area (Å²) < 4.78 is 5.50. The second kappa shape index (κ2) is 7.14. The highest BCUT2D eigenvalue weighted by Gasteiger charge is 2.30. The molecule has 4 nitrogen and oxygen atoms in total. The van der Waals surface area contributed by atoms with Gasteiger partial charge < -0.3 is 9.64 Å². The molecule has 0 bridgehead atoms. The highest BCUT2D eigenvalue weighted by atomic mass is 16.6. The minimum Gasteiger partial charge on any atom is -0.444 e. The van der Waals surface area contributed by atoms with E-state index in [1.54, 1.807) is 0 Å². The molecule has 0 N–H and O–H groups in total. The minimum absolute atomic E-state index is 0.177. The number of aryl methyl sites for hydroxylation is 1. The lowest BCUT2D eigenvalue weighted by Crippen LogP contribution is -2.50. The fraction of sp³-hybridized carbons (Fsp3) is 0.650. The van der Waals surface area contributed by atoms with Gasteiger partial charge >= 0.3 is 6.09 Å². The summed E-state index contributed by atoms with van der Waals surface area (Å²) in [5, 5.41) is 0. The molecule has 3 rings (SSSR count). The molecule has 0 radical (unpaired) electrons. The van der Waals surface area contributed by atoms with Crippen LogP contribution in [0.15, 0.2) is 24.3 Å². The van der Waals surface area contributed by atoms with Crippen LogP contribution in [0.25, 0.3) is 0 Å². The number of rotatable bonds is 1. The van der Waals surface area contributed by atoms with Crippen LogP contribution in [0.1, 0.15) is 57.2 Å². The summed E-state index contributed by atoms with van der Waals surface area (Å²) in [6.45, 7) is 9.13. The van der Waals surface area contributed by atoms with Crippen molar-refractivity contribution >= 4 is 6.09 Å². The molecule has 4 heteroatoms. The Balaban J connectivity index is 1.64. The van der Waals surface area contributed by atoms with Crippen LogP contribution in [0.3, 0.4) is 0 Å². The monoisotopic (exact) mass is 330 g/mol. The zero-order valence-corrected chi connectivity index (χ0v) is 15.3. The Kier molecular flexibility index (Phi) is 5.14. The number of nitrogens with zero attached hydrogens (tertiary/aromatic N) is 2. The summed E-state index contributed by atoms with van der Waals surface area (Å²) in [5.41, 5.74) is 2.59. The van der Waals surface area contributed by atoms with E-state index < -0.39 is 5.60 Å². The lowest BCUT2D eigenvalue weighted by atomic mass is 9.97. The van der Waals surface area contributed by atoms with Gasteiger partial charge in [0.25, 0.3) is 0 Å². The van der Waals surface area contributed by atoms with Crippen LogP contribution in [-0.4, -0.2) is 47.7 Å². The van der Waals surface area contributed by atoms with Gasteiger partial charge in [0.05, 0.1) is 0 Å². The van der Waals surface area contributed by atoms with Crippen molar-refractivity contribution in [3.8, 4) is 0 Å². The third-order valence-corrected chi connectivity index (χ3v) is 4.99. The van der Waals surface area contributed by atoms with Gasteiger partial charge in [0, 0.05) is 32.2 Å². The summed E-state index contributed by atoms with van der Waals surface area (Å²) >= 11 is 0. The number of carbonyl (C=O) groups excluding carboxylic acids is 1. The number of carbonyl (C=O) groups is 1. The molecular weight excluding hydrogens is 300 g/mol. The first kappa shape index (κ1) is 17.3. The summed E-state index contributed by atoms with van der Waals surface area (Å²) in [4.78, 5) is 16.6. The zero-order valence-electron chi connectivity index (χ0n) is 15.3. The van der Waals surface area contributed by atoms with Crippen molar-refractivity contribution in [2.45, 2.75) is 58.1 Å². The predicted molar refractivity (Wildman–Crippen MR) is 96.1 cm³/mol. The van der Waals surface area contributed by atoms with Crippen LogP contribution >= 0.6 is 0 Å². The maximum Gasteiger partial charge on any atom is 0.410 e. The van der Waals surface area contributed by atoms with E-state index in [9.17, 15) is 4.79 Å². The molecular formula is C20H30N2O2. The number of hydrogen-bond donors (Lipinski definition) is 0. The smallest absolute Gasteiger partial charge is 0.410 e. The molecule has 1 heterocycles. The van der Waals surface area contributed by atoms with Gasteiger partial charge in [-0.05, 0) is 51.2 Å². The van der Waals surface area contributed by atoms with Crippen LogP contribution in [0.5, 0.6) is 0 Å². The summed E-state index contributed by atoms with van der Waals surface area (Å²) in [5.74, 6) is 0. The minimum atomic E-state index is -0.422. The van der Waals surface area contributed by atoms with E-state index >= 15 is 0 Å². The molecule has 1 fully saturated rings. The summed E-state index contributed by atoms with van der Waals surface area (Å²) in [6, 6.07) is 9.40. The molecule has 1 aliphatic carbocycles. The predicted octanol–water partition coefficient (Wildman–Crippen LogP) is 4.01. The van der Waals surface area contributed by atoms with Crippen molar-refractivity contribution < 1.29 is 9.53 Å². The summed E-state index contributed by atoms with van der Waals surface area (Å²) in [6.07, 6.45) is 4.81. The lowest BCUT2D eigenvalue weighted by molar-refractivity contribution is 0.00970. The van der Waals surface area contributed by atoms with E-state index in [1.165, 1.54) is 36.8 Å². The van der Waals surface area contributed by atoms with E-state index in [4.69, 9.17) is 4.74 Å². The lowest BCUT2D eigenvalue weighted by Gasteiger charge is -2.40. The van der Waals surface area contributed by atoms with E-state index in [-0.39, 0.29) is 6.09 Å². The van der Waals surface area contributed by atoms with Gasteiger partial charge in [0.1, 0.15) is 5.60 Å². The highest BCUT2D eigenvalue weighted by Crippen LogP contribution is 2.33. The molecule has 0 spiro atoms. The molecule has 1 aliphatic heterocycles. The summed E-state index contributed by atoms with van der Waals surface area (Å²) in [7, 11) is 0. The molecule has 132 valence electrons. The molecule has 1 aromatic rings. The Bertz CT molecular complexity index is 571. The highest BCUT2D eigenvalue weighted by molar-refractivity contribution is 5.68. The van der Waals surface area contributed by atoms with Crippen LogP contribution in [-0.2, 0) is 11.2 Å². The van der Waals surface area contributed by atoms with Crippen molar-refractivity contribution in [1.82, 2.24) is 9.80 Å². The van der Waals surface area contributed by atoms with E-state index in [0.717, 1.165) is 26.2 Å². The molecule has 1 unspecified atom stereocenters. The van der Waals surface area contributed by atoms with Crippen molar-refractivity contribution in [2.75, 3.05) is 26.2 Å². The maximum absolute atomic E-state index is 12.2. The molecule has 24 heavy (non-hydrogen) atoms. The van der Waals surface area contributed by atoms with Crippen molar-refractivity contribution in [1.29, 1.82) is 0 Å². The Labute approximate surface area is 145 Å². The topological polar surface area (TPSA) is 32.8 Å². The third kappa shape index (κ3) is 4.10. The zero-order chi connectivity index (χ0) is 17.2. The van der Waals surface area contributed by atoms with Gasteiger partial charge in [0.15, 0.2) is 0 Å². The average Bonchev–Trinajstić information content (AvgIpc) is 2.76. The SMILES string of the molecule is CC(C)(C)OC(=O)N1CCN(C2CCCCc3ccccc32)CC1. The van der Waals surface area contributed by atoms with Gasteiger partial charge in [-0.15, -0.1) is 0 Å². The molecule has 1 aromatic carbocycles. The van der Waals surface area contributed by atoms with E-state index in [1.807, 2.05) is 25.7 Å². The second-order valence-electron chi connectivity index (χ2n) is 7.96. The standard InChI is InChI=1S/C20H30N2O2/c1-20(2,3)24-19(23)22-14-12-21(13-15-22)18-11-7-5-9-16-8-4-6-10-17(16)18/h4,6,8,10,18H,5,7,9,11-15H2,1-3H3. The molecule has 2 aliphatic rings. The Morgan fingerprint density at radius 2 is 1.79 bits per heavy atom. The first-order valence-electron chi connectivity index (χ1n) is 9.24. The molecule has 0 saturated carbocycles. The van der Waals surface area contributed by atoms with Crippen LogP contribution in [0.2, 0.25) is 0 Å². The number of ether oxygens (including phenoxy) is 1. The van der Waals surface area contributed by atoms with Crippen LogP contribution in [0, 0.1) is 0 Å². The Morgan fingerprint density at radius 1 is 1.08 bits per heavy atom. The normalized spacial score (nSPS) is 22.6. The quantitative estimate of drug-likeness (QED) is 0.730. The van der Waals surface area contributed by atoms with Crippen molar-refractivity contribution in [2.24, 2.45) is 0 Å². The van der Waals surface area contributed by atoms with Crippen LogP contribution < -0.4 is 0 Å². The van der Waals surface area contributed by atoms with Crippen molar-refractivity contribution in [3.63, 3.8) is 0 Å². The second-order valence-corrected chi connectivity index (χ2v) is 7.96. The van der Waals surface area contributed by atoms with E-state index in [0.29, 0.717) is 6.04 Å². The van der Waals surface area contributed by atoms with Gasteiger partial charge in [-0.2, -0.15) is 0 Å². The number of benzene rings is 1. The molecule has 1 saturated heterocycles. The van der Waals surface area contributed by atoms with Crippen molar-refractivity contribution in [3.05, 3.63) is 35.4 Å². The average molecular weight is 330 g/mol. The van der Waals surface area contributed by atoms with Gasteiger partial charge in [-0.3, -0.25) is 4.90 Å². The fourth-order valence-electron chi connectivity index (χ4n) is 3.82. The number of amides is 1. The van der Waals surface area contributed by atoms with Gasteiger partial charge in [0.2, 0.25) is 0 Å². The number of piperazine rings is 1.